The van der Waals surface area contributed by atoms with Crippen molar-refractivity contribution in [3.05, 3.63) is 23.9 Å². The minimum absolute atomic E-state index is 0.0453. The Morgan fingerprint density at radius 2 is 2.05 bits per heavy atom. The van der Waals surface area contributed by atoms with E-state index in [2.05, 4.69) is 15.0 Å². The monoisotopic (exact) mass is 281 g/mol. The quantitative estimate of drug-likeness (QED) is 0.670. The lowest BCUT2D eigenvalue weighted by Gasteiger charge is -2.20. The fourth-order valence-electron chi connectivity index (χ4n) is 1.31. The number of hydrogen-bond donors (Lipinski definition) is 1. The Morgan fingerprint density at radius 1 is 1.40 bits per heavy atom. The molecular weight excluding hydrogens is 262 g/mol. The summed E-state index contributed by atoms with van der Waals surface area (Å²) in [5, 5.41) is 2.36. The van der Waals surface area contributed by atoms with E-state index >= 15 is 0 Å². The summed E-state index contributed by atoms with van der Waals surface area (Å²) in [5.74, 6) is -0.180. The van der Waals surface area contributed by atoms with E-state index in [1.807, 2.05) is 0 Å². The summed E-state index contributed by atoms with van der Waals surface area (Å²) in [6.07, 6.45) is 3.97. The third-order valence-corrected chi connectivity index (χ3v) is 2.17. The van der Waals surface area contributed by atoms with Gasteiger partial charge in [-0.05, 0) is 20.8 Å². The van der Waals surface area contributed by atoms with Gasteiger partial charge < -0.3 is 14.0 Å². The molecule has 0 aliphatic rings. The molecule has 0 radical (unpaired) electrons. The van der Waals surface area contributed by atoms with E-state index in [-0.39, 0.29) is 5.70 Å². The van der Waals surface area contributed by atoms with Crippen LogP contribution in [0.15, 0.2) is 18.1 Å². The highest BCUT2D eigenvalue weighted by atomic mass is 16.6. The maximum absolute atomic E-state index is 11.7. The number of amides is 1. The van der Waals surface area contributed by atoms with E-state index in [1.54, 1.807) is 44.8 Å². The van der Waals surface area contributed by atoms with Crippen LogP contribution in [0.5, 0.6) is 0 Å². The number of esters is 1. The molecule has 0 aliphatic heterocycles. The van der Waals surface area contributed by atoms with Crippen molar-refractivity contribution in [2.45, 2.75) is 26.4 Å². The molecule has 7 heteroatoms. The molecule has 1 amide bonds. The SMILES string of the molecule is COC(=O)/C(=C\c1nccn1C)NC(=O)OC(C)(C)C. The van der Waals surface area contributed by atoms with Crippen molar-refractivity contribution in [2.75, 3.05) is 7.11 Å². The van der Waals surface area contributed by atoms with Gasteiger partial charge in [0.1, 0.15) is 17.1 Å². The number of nitrogens with one attached hydrogen (secondary N) is 1. The Kier molecular flexibility index (Phi) is 4.90. The van der Waals surface area contributed by atoms with Crippen LogP contribution in [0.25, 0.3) is 6.08 Å². The molecule has 0 fully saturated rings. The van der Waals surface area contributed by atoms with E-state index in [9.17, 15) is 9.59 Å². The van der Waals surface area contributed by atoms with Gasteiger partial charge in [-0.3, -0.25) is 5.32 Å². The van der Waals surface area contributed by atoms with Crippen LogP contribution in [0.4, 0.5) is 4.79 Å². The molecule has 0 unspecified atom stereocenters. The van der Waals surface area contributed by atoms with Crippen molar-refractivity contribution in [1.29, 1.82) is 0 Å². The van der Waals surface area contributed by atoms with E-state index in [0.29, 0.717) is 5.82 Å². The van der Waals surface area contributed by atoms with Gasteiger partial charge in [0, 0.05) is 25.5 Å². The van der Waals surface area contributed by atoms with Crippen LogP contribution >= 0.6 is 0 Å². The summed E-state index contributed by atoms with van der Waals surface area (Å²) in [5.41, 5.74) is -0.704. The van der Waals surface area contributed by atoms with Crippen molar-refractivity contribution >= 4 is 18.1 Å². The fourth-order valence-corrected chi connectivity index (χ4v) is 1.31. The van der Waals surface area contributed by atoms with Crippen molar-refractivity contribution in [1.82, 2.24) is 14.9 Å². The average molecular weight is 281 g/mol. The van der Waals surface area contributed by atoms with Crippen molar-refractivity contribution in [3.8, 4) is 0 Å². The number of aryl methyl sites for hydroxylation is 1. The fraction of sp³-hybridized carbons (Fsp3) is 0.462. The second-order valence-electron chi connectivity index (χ2n) is 5.07. The lowest BCUT2D eigenvalue weighted by Crippen LogP contribution is -2.34. The topological polar surface area (TPSA) is 82.5 Å². The van der Waals surface area contributed by atoms with Crippen LogP contribution in [0.1, 0.15) is 26.6 Å². The Morgan fingerprint density at radius 3 is 2.50 bits per heavy atom. The van der Waals surface area contributed by atoms with Gasteiger partial charge in [-0.1, -0.05) is 0 Å². The maximum Gasteiger partial charge on any atom is 0.412 e. The van der Waals surface area contributed by atoms with Crippen molar-refractivity contribution in [2.24, 2.45) is 7.05 Å². The number of nitrogens with zero attached hydrogens (tertiary/aromatic N) is 2. The van der Waals surface area contributed by atoms with Crippen LogP contribution in [0.2, 0.25) is 0 Å². The molecule has 0 aliphatic carbocycles. The zero-order chi connectivity index (χ0) is 15.3. The highest BCUT2D eigenvalue weighted by Gasteiger charge is 2.20. The molecule has 110 valence electrons. The second-order valence-corrected chi connectivity index (χ2v) is 5.07. The first kappa shape index (κ1) is 15.7. The number of ether oxygens (including phenoxy) is 2. The number of alkyl carbamates (subject to hydrolysis) is 1. The molecule has 1 heterocycles. The van der Waals surface area contributed by atoms with Gasteiger partial charge in [0.15, 0.2) is 0 Å². The van der Waals surface area contributed by atoms with E-state index in [4.69, 9.17) is 4.74 Å². The Labute approximate surface area is 117 Å². The van der Waals surface area contributed by atoms with Crippen LogP contribution in [-0.2, 0) is 21.3 Å². The van der Waals surface area contributed by atoms with Crippen molar-refractivity contribution < 1.29 is 19.1 Å². The number of aromatic nitrogens is 2. The average Bonchev–Trinajstić information content (AvgIpc) is 2.70. The third-order valence-electron chi connectivity index (χ3n) is 2.17. The van der Waals surface area contributed by atoms with Gasteiger partial charge >= 0.3 is 12.1 Å². The van der Waals surface area contributed by atoms with Crippen LogP contribution < -0.4 is 5.32 Å². The molecule has 0 atom stereocenters. The summed E-state index contributed by atoms with van der Waals surface area (Å²) in [7, 11) is 2.99. The number of carbonyl (C=O) groups excluding carboxylic acids is 2. The molecule has 1 aromatic rings. The van der Waals surface area contributed by atoms with Gasteiger partial charge in [0.05, 0.1) is 7.11 Å². The van der Waals surface area contributed by atoms with E-state index in [0.717, 1.165) is 0 Å². The van der Waals surface area contributed by atoms with Crippen LogP contribution in [0.3, 0.4) is 0 Å². The molecule has 0 spiro atoms. The first-order valence-corrected chi connectivity index (χ1v) is 6.00. The zero-order valence-corrected chi connectivity index (χ0v) is 12.3. The summed E-state index contributed by atoms with van der Waals surface area (Å²) in [6, 6.07) is 0. The number of imidazole rings is 1. The first-order chi connectivity index (χ1) is 9.23. The molecule has 0 saturated heterocycles. The standard InChI is InChI=1S/C13H19N3O4/c1-13(2,3)20-12(18)15-9(11(17)19-5)8-10-14-6-7-16(10)4/h6-8H,1-5H3,(H,15,18)/b9-8+. The zero-order valence-electron chi connectivity index (χ0n) is 12.3. The van der Waals surface area contributed by atoms with Gasteiger partial charge in [-0.2, -0.15) is 0 Å². The Hall–Kier alpha value is -2.31. The lowest BCUT2D eigenvalue weighted by molar-refractivity contribution is -0.136. The number of carbonyl (C=O) groups is 2. The van der Waals surface area contributed by atoms with Crippen molar-refractivity contribution in [3.63, 3.8) is 0 Å². The maximum atomic E-state index is 11.7. The number of hydrogen-bond acceptors (Lipinski definition) is 5. The highest BCUT2D eigenvalue weighted by molar-refractivity contribution is 5.96. The summed E-state index contributed by atoms with van der Waals surface area (Å²) >= 11 is 0. The smallest absolute Gasteiger partial charge is 0.412 e. The summed E-state index contributed by atoms with van der Waals surface area (Å²) in [4.78, 5) is 27.4. The van der Waals surface area contributed by atoms with E-state index < -0.39 is 17.7 Å². The predicted octanol–water partition coefficient (Wildman–Crippen LogP) is 1.46. The Bertz CT molecular complexity index is 526. The van der Waals surface area contributed by atoms with Gasteiger partial charge in [-0.25, -0.2) is 14.6 Å². The molecule has 0 bridgehead atoms. The lowest BCUT2D eigenvalue weighted by atomic mass is 10.2. The normalized spacial score (nSPS) is 11.9. The Balaban J connectivity index is 2.92. The van der Waals surface area contributed by atoms with Crippen LogP contribution in [0, 0.1) is 0 Å². The van der Waals surface area contributed by atoms with Crippen LogP contribution in [-0.4, -0.2) is 34.3 Å². The predicted molar refractivity (Wildman–Crippen MR) is 72.6 cm³/mol. The van der Waals surface area contributed by atoms with Gasteiger partial charge in [0.25, 0.3) is 0 Å². The third kappa shape index (κ3) is 4.75. The molecule has 7 nitrogen and oxygen atoms in total. The second kappa shape index (κ2) is 6.23. The molecule has 0 saturated carbocycles. The molecule has 0 aromatic carbocycles. The summed E-state index contributed by atoms with van der Waals surface area (Å²) in [6.45, 7) is 5.19. The molecule has 1 N–H and O–H groups in total. The van der Waals surface area contributed by atoms with Gasteiger partial charge in [0.2, 0.25) is 0 Å². The molecule has 1 rings (SSSR count). The number of methoxy groups -OCH3 is 1. The molecular formula is C13H19N3O4. The highest BCUT2D eigenvalue weighted by Crippen LogP contribution is 2.09. The minimum Gasteiger partial charge on any atom is -0.464 e. The molecule has 1 aromatic heterocycles. The van der Waals surface area contributed by atoms with Gasteiger partial charge in [-0.15, -0.1) is 0 Å². The number of rotatable bonds is 3. The minimum atomic E-state index is -0.733. The molecule has 20 heavy (non-hydrogen) atoms. The summed E-state index contributed by atoms with van der Waals surface area (Å²) < 4.78 is 11.4. The first-order valence-electron chi connectivity index (χ1n) is 6.00. The van der Waals surface area contributed by atoms with E-state index in [1.165, 1.54) is 13.2 Å². The largest absolute Gasteiger partial charge is 0.464 e.